The number of anilines is 1. The molecular weight excluding hydrogens is 204 g/mol. The van der Waals surface area contributed by atoms with Gasteiger partial charge in [-0.05, 0) is 25.0 Å². The van der Waals surface area contributed by atoms with Crippen LogP contribution in [0.5, 0.6) is 0 Å². The Morgan fingerprint density at radius 3 is 3.19 bits per heavy atom. The van der Waals surface area contributed by atoms with Crippen LogP contribution in [0.4, 0.5) is 5.82 Å². The molecule has 0 amide bonds. The molecule has 1 aliphatic rings. The molecule has 2 aromatic rings. The van der Waals surface area contributed by atoms with E-state index in [4.69, 9.17) is 10.5 Å². The molecule has 0 spiro atoms. The van der Waals surface area contributed by atoms with E-state index in [0.29, 0.717) is 5.82 Å². The van der Waals surface area contributed by atoms with Crippen LogP contribution in [0.1, 0.15) is 18.7 Å². The molecule has 0 radical (unpaired) electrons. The Hall–Kier alpha value is -1.62. The first-order valence-electron chi connectivity index (χ1n) is 5.55. The van der Waals surface area contributed by atoms with Gasteiger partial charge in [0, 0.05) is 13.0 Å². The van der Waals surface area contributed by atoms with Crippen molar-refractivity contribution in [1.29, 1.82) is 0 Å². The Morgan fingerprint density at radius 2 is 2.44 bits per heavy atom. The van der Waals surface area contributed by atoms with Gasteiger partial charge in [0.25, 0.3) is 0 Å². The fourth-order valence-corrected chi connectivity index (χ4v) is 2.07. The third-order valence-corrected chi connectivity index (χ3v) is 2.87. The van der Waals surface area contributed by atoms with Crippen molar-refractivity contribution in [2.24, 2.45) is 0 Å². The Labute approximate surface area is 93.2 Å². The Bertz CT molecular complexity index is 502. The number of nitrogen functional groups attached to an aromatic ring is 1. The second kappa shape index (κ2) is 3.75. The zero-order valence-corrected chi connectivity index (χ0v) is 8.97. The molecule has 1 aliphatic heterocycles. The van der Waals surface area contributed by atoms with E-state index in [1.807, 2.05) is 18.2 Å². The van der Waals surface area contributed by atoms with E-state index < -0.39 is 0 Å². The molecular formula is C11H14N4O. The smallest absolute Gasteiger partial charge is 0.157 e. The molecule has 1 atom stereocenters. The zero-order chi connectivity index (χ0) is 11.0. The number of ether oxygens (including phenoxy) is 1. The molecule has 3 heterocycles. The van der Waals surface area contributed by atoms with Crippen molar-refractivity contribution in [3.63, 3.8) is 0 Å². The molecule has 3 rings (SSSR count). The summed E-state index contributed by atoms with van der Waals surface area (Å²) in [6, 6.07) is 5.61. The van der Waals surface area contributed by atoms with Crippen LogP contribution < -0.4 is 5.73 Å². The van der Waals surface area contributed by atoms with Gasteiger partial charge in [0.15, 0.2) is 11.5 Å². The maximum atomic E-state index is 5.81. The van der Waals surface area contributed by atoms with Gasteiger partial charge in [-0.15, -0.1) is 5.10 Å². The molecule has 1 fully saturated rings. The molecule has 16 heavy (non-hydrogen) atoms. The largest absolute Gasteiger partial charge is 0.384 e. The first-order valence-corrected chi connectivity index (χ1v) is 5.55. The van der Waals surface area contributed by atoms with E-state index in [1.165, 1.54) is 0 Å². The van der Waals surface area contributed by atoms with Crippen LogP contribution in [0.3, 0.4) is 0 Å². The van der Waals surface area contributed by atoms with E-state index in [-0.39, 0.29) is 6.10 Å². The Morgan fingerprint density at radius 1 is 1.50 bits per heavy atom. The predicted octanol–water partition coefficient (Wildman–Crippen LogP) is 1.03. The molecule has 1 saturated heterocycles. The zero-order valence-electron chi connectivity index (χ0n) is 8.97. The van der Waals surface area contributed by atoms with Crippen molar-refractivity contribution in [3.05, 3.63) is 24.0 Å². The summed E-state index contributed by atoms with van der Waals surface area (Å²) in [5.74, 6) is 1.42. The monoisotopic (exact) mass is 218 g/mol. The topological polar surface area (TPSA) is 65.4 Å². The average Bonchev–Trinajstić information content (AvgIpc) is 2.88. The maximum absolute atomic E-state index is 5.81. The molecule has 0 aliphatic carbocycles. The molecule has 84 valence electrons. The summed E-state index contributed by atoms with van der Waals surface area (Å²) in [6.07, 6.45) is 3.30. The fraction of sp³-hybridized carbons (Fsp3) is 0.455. The Balaban J connectivity index is 1.90. The van der Waals surface area contributed by atoms with Gasteiger partial charge in [0.2, 0.25) is 0 Å². The lowest BCUT2D eigenvalue weighted by molar-refractivity contribution is 0.110. The van der Waals surface area contributed by atoms with Crippen molar-refractivity contribution in [2.45, 2.75) is 25.4 Å². The minimum atomic E-state index is 0.277. The van der Waals surface area contributed by atoms with Crippen LogP contribution in [0, 0.1) is 0 Å². The number of hydrogen-bond donors (Lipinski definition) is 1. The lowest BCUT2D eigenvalue weighted by Crippen LogP contribution is -2.10. The summed E-state index contributed by atoms with van der Waals surface area (Å²) in [4.78, 5) is 4.43. The highest BCUT2D eigenvalue weighted by Gasteiger charge is 2.18. The minimum Gasteiger partial charge on any atom is -0.384 e. The third kappa shape index (κ3) is 1.63. The maximum Gasteiger partial charge on any atom is 0.157 e. The number of rotatable bonds is 2. The normalized spacial score (nSPS) is 20.6. The highest BCUT2D eigenvalue weighted by Crippen LogP contribution is 2.16. The lowest BCUT2D eigenvalue weighted by atomic mass is 10.2. The van der Waals surface area contributed by atoms with Crippen LogP contribution in [0.25, 0.3) is 5.65 Å². The van der Waals surface area contributed by atoms with Crippen molar-refractivity contribution in [3.8, 4) is 0 Å². The third-order valence-electron chi connectivity index (χ3n) is 2.87. The van der Waals surface area contributed by atoms with Gasteiger partial charge < -0.3 is 10.5 Å². The van der Waals surface area contributed by atoms with Gasteiger partial charge >= 0.3 is 0 Å². The SMILES string of the molecule is Nc1cccc2nc(CC3CCCO3)nn12. The first-order chi connectivity index (χ1) is 7.83. The standard InChI is InChI=1S/C11H14N4O/c12-9-4-1-5-11-13-10(14-15(9)11)7-8-3-2-6-16-8/h1,4-5,8H,2-3,6-7,12H2. The van der Waals surface area contributed by atoms with Gasteiger partial charge in [0.1, 0.15) is 5.82 Å². The van der Waals surface area contributed by atoms with Crippen molar-refractivity contribution in [1.82, 2.24) is 14.6 Å². The van der Waals surface area contributed by atoms with Crippen LogP contribution in [-0.4, -0.2) is 27.3 Å². The van der Waals surface area contributed by atoms with Gasteiger partial charge in [-0.25, -0.2) is 4.98 Å². The molecule has 5 heteroatoms. The van der Waals surface area contributed by atoms with Gasteiger partial charge in [-0.2, -0.15) is 4.52 Å². The number of fused-ring (bicyclic) bond motifs is 1. The van der Waals surface area contributed by atoms with Crippen LogP contribution in [-0.2, 0) is 11.2 Å². The minimum absolute atomic E-state index is 0.277. The van der Waals surface area contributed by atoms with Gasteiger partial charge in [-0.3, -0.25) is 0 Å². The highest BCUT2D eigenvalue weighted by atomic mass is 16.5. The van der Waals surface area contributed by atoms with E-state index in [1.54, 1.807) is 4.52 Å². The number of hydrogen-bond acceptors (Lipinski definition) is 4. The van der Waals surface area contributed by atoms with E-state index in [9.17, 15) is 0 Å². The number of aromatic nitrogens is 3. The summed E-state index contributed by atoms with van der Waals surface area (Å²) >= 11 is 0. The summed E-state index contributed by atoms with van der Waals surface area (Å²) < 4.78 is 7.23. The summed E-state index contributed by atoms with van der Waals surface area (Å²) in [7, 11) is 0. The summed E-state index contributed by atoms with van der Waals surface area (Å²) in [5, 5.41) is 4.38. The fourth-order valence-electron chi connectivity index (χ4n) is 2.07. The molecule has 2 N–H and O–H groups in total. The predicted molar refractivity (Wildman–Crippen MR) is 60.1 cm³/mol. The van der Waals surface area contributed by atoms with E-state index in [2.05, 4.69) is 10.1 Å². The van der Waals surface area contributed by atoms with Crippen LogP contribution in [0.2, 0.25) is 0 Å². The first kappa shape index (κ1) is 9.59. The van der Waals surface area contributed by atoms with Crippen molar-refractivity contribution in [2.75, 3.05) is 12.3 Å². The van der Waals surface area contributed by atoms with E-state index in [0.717, 1.165) is 37.3 Å². The van der Waals surface area contributed by atoms with Crippen LogP contribution in [0.15, 0.2) is 18.2 Å². The van der Waals surface area contributed by atoms with Gasteiger partial charge in [0.05, 0.1) is 6.10 Å². The summed E-state index contributed by atoms with van der Waals surface area (Å²) in [5.41, 5.74) is 6.61. The average molecular weight is 218 g/mol. The van der Waals surface area contributed by atoms with Crippen molar-refractivity contribution < 1.29 is 4.74 Å². The number of pyridine rings is 1. The molecule has 0 bridgehead atoms. The molecule has 2 aromatic heterocycles. The molecule has 5 nitrogen and oxygen atoms in total. The quantitative estimate of drug-likeness (QED) is 0.817. The number of nitrogens with zero attached hydrogens (tertiary/aromatic N) is 3. The van der Waals surface area contributed by atoms with Crippen molar-refractivity contribution >= 4 is 11.5 Å². The second-order valence-corrected chi connectivity index (χ2v) is 4.09. The molecule has 0 aromatic carbocycles. The highest BCUT2D eigenvalue weighted by molar-refractivity contribution is 5.45. The Kier molecular flexibility index (Phi) is 2.25. The molecule has 0 saturated carbocycles. The summed E-state index contributed by atoms with van der Waals surface area (Å²) in [6.45, 7) is 0.861. The second-order valence-electron chi connectivity index (χ2n) is 4.09. The lowest BCUT2D eigenvalue weighted by Gasteiger charge is -2.04. The number of nitrogens with two attached hydrogens (primary N) is 1. The van der Waals surface area contributed by atoms with E-state index >= 15 is 0 Å². The van der Waals surface area contributed by atoms with Gasteiger partial charge in [-0.1, -0.05) is 6.07 Å². The molecule has 1 unspecified atom stereocenters. The van der Waals surface area contributed by atoms with Crippen LogP contribution >= 0.6 is 0 Å².